The lowest BCUT2D eigenvalue weighted by Crippen LogP contribution is -1.97. The smallest absolute Gasteiger partial charge is 0.336 e. The van der Waals surface area contributed by atoms with E-state index < -0.39 is 5.97 Å². The summed E-state index contributed by atoms with van der Waals surface area (Å²) < 4.78 is 0. The van der Waals surface area contributed by atoms with Crippen LogP contribution in [0.3, 0.4) is 0 Å². The van der Waals surface area contributed by atoms with Gasteiger partial charge in [-0.25, -0.2) is 4.79 Å². The third kappa shape index (κ3) is 2.33. The van der Waals surface area contributed by atoms with E-state index in [9.17, 15) is 4.79 Å². The minimum Gasteiger partial charge on any atom is -0.478 e. The van der Waals surface area contributed by atoms with Crippen LogP contribution in [0.5, 0.6) is 0 Å². The van der Waals surface area contributed by atoms with Gasteiger partial charge in [0.2, 0.25) is 0 Å². The van der Waals surface area contributed by atoms with Gasteiger partial charge < -0.3 is 5.11 Å². The van der Waals surface area contributed by atoms with Crippen molar-refractivity contribution in [3.8, 4) is 0 Å². The van der Waals surface area contributed by atoms with Crippen molar-refractivity contribution in [2.75, 3.05) is 0 Å². The molecular weight excluding hydrogens is 140 g/mol. The van der Waals surface area contributed by atoms with Gasteiger partial charge in [0.15, 0.2) is 0 Å². The van der Waals surface area contributed by atoms with Crippen molar-refractivity contribution < 1.29 is 9.90 Å². The second kappa shape index (κ2) is 3.30. The highest BCUT2D eigenvalue weighted by molar-refractivity contribution is 6.31. The first-order valence-corrected chi connectivity index (χ1v) is 2.69. The molecule has 0 spiro atoms. The molecule has 0 radical (unpaired) electrons. The van der Waals surface area contributed by atoms with Crippen LogP contribution in [0.15, 0.2) is 23.3 Å². The molecule has 0 aliphatic carbocycles. The van der Waals surface area contributed by atoms with E-state index in [2.05, 4.69) is 6.58 Å². The molecule has 0 aliphatic heterocycles. The Morgan fingerprint density at radius 1 is 1.78 bits per heavy atom. The second-order valence-electron chi connectivity index (χ2n) is 1.46. The number of carboxylic acid groups (broad SMARTS) is 1. The van der Waals surface area contributed by atoms with E-state index in [1.165, 1.54) is 13.0 Å². The Labute approximate surface area is 58.4 Å². The van der Waals surface area contributed by atoms with Gasteiger partial charge in [0, 0.05) is 5.03 Å². The highest BCUT2D eigenvalue weighted by atomic mass is 35.5. The first kappa shape index (κ1) is 8.24. The first-order chi connectivity index (χ1) is 4.09. The van der Waals surface area contributed by atoms with Gasteiger partial charge in [-0.1, -0.05) is 24.3 Å². The molecule has 0 rings (SSSR count). The SMILES string of the molecule is C=CC(C(=O)O)=C(C)Cl. The molecule has 0 aliphatic rings. The number of hydrogen-bond acceptors (Lipinski definition) is 1. The molecule has 0 unspecified atom stereocenters. The summed E-state index contributed by atoms with van der Waals surface area (Å²) in [4.78, 5) is 10.2. The van der Waals surface area contributed by atoms with E-state index in [1.54, 1.807) is 0 Å². The molecule has 0 aromatic rings. The van der Waals surface area contributed by atoms with Crippen molar-refractivity contribution in [3.05, 3.63) is 23.3 Å². The van der Waals surface area contributed by atoms with Crippen molar-refractivity contribution in [2.45, 2.75) is 6.92 Å². The number of halogens is 1. The fourth-order valence-electron chi connectivity index (χ4n) is 0.375. The highest BCUT2D eigenvalue weighted by Crippen LogP contribution is 2.08. The molecule has 0 heterocycles. The van der Waals surface area contributed by atoms with Crippen LogP contribution in [-0.2, 0) is 4.79 Å². The van der Waals surface area contributed by atoms with Crippen LogP contribution >= 0.6 is 11.6 Å². The average Bonchev–Trinajstić information content (AvgIpc) is 1.64. The average molecular weight is 147 g/mol. The normalized spacial score (nSPS) is 12.2. The fraction of sp³-hybridized carbons (Fsp3) is 0.167. The summed E-state index contributed by atoms with van der Waals surface area (Å²) in [6.45, 7) is 4.79. The van der Waals surface area contributed by atoms with Crippen LogP contribution in [0, 0.1) is 0 Å². The summed E-state index contributed by atoms with van der Waals surface area (Å²) in [6, 6.07) is 0. The molecule has 0 atom stereocenters. The molecule has 0 amide bonds. The van der Waals surface area contributed by atoms with E-state index in [1.807, 2.05) is 0 Å². The van der Waals surface area contributed by atoms with Crippen LogP contribution < -0.4 is 0 Å². The van der Waals surface area contributed by atoms with E-state index in [4.69, 9.17) is 16.7 Å². The summed E-state index contributed by atoms with van der Waals surface area (Å²) in [7, 11) is 0. The number of rotatable bonds is 2. The van der Waals surface area contributed by atoms with Crippen LogP contribution in [0.1, 0.15) is 6.92 Å². The molecule has 0 aromatic heterocycles. The van der Waals surface area contributed by atoms with Gasteiger partial charge >= 0.3 is 5.97 Å². The second-order valence-corrected chi connectivity index (χ2v) is 2.02. The van der Waals surface area contributed by atoms with Gasteiger partial charge in [0.25, 0.3) is 0 Å². The highest BCUT2D eigenvalue weighted by Gasteiger charge is 2.03. The summed E-state index contributed by atoms with van der Waals surface area (Å²) in [5.74, 6) is -1.04. The van der Waals surface area contributed by atoms with Gasteiger partial charge in [0.1, 0.15) is 0 Å². The third-order valence-electron chi connectivity index (χ3n) is 0.806. The van der Waals surface area contributed by atoms with Gasteiger partial charge in [-0.05, 0) is 6.92 Å². The number of carboxylic acids is 1. The topological polar surface area (TPSA) is 37.3 Å². The molecule has 1 N–H and O–H groups in total. The van der Waals surface area contributed by atoms with Crippen LogP contribution in [0.25, 0.3) is 0 Å². The molecule has 2 nitrogen and oxygen atoms in total. The minimum absolute atomic E-state index is 0.0525. The molecular formula is C6H7ClO2. The molecule has 0 aromatic carbocycles. The minimum atomic E-state index is -1.04. The Bertz CT molecular complexity index is 166. The lowest BCUT2D eigenvalue weighted by Gasteiger charge is -1.92. The lowest BCUT2D eigenvalue weighted by molar-refractivity contribution is -0.132. The quantitative estimate of drug-likeness (QED) is 0.476. The van der Waals surface area contributed by atoms with Gasteiger partial charge in [-0.3, -0.25) is 0 Å². The van der Waals surface area contributed by atoms with Crippen molar-refractivity contribution in [1.82, 2.24) is 0 Å². The molecule has 3 heteroatoms. The molecule has 9 heavy (non-hydrogen) atoms. The predicted octanol–water partition coefficient (Wildman–Crippen LogP) is 1.77. The Balaban J connectivity index is 4.55. The maximum atomic E-state index is 10.2. The van der Waals surface area contributed by atoms with Crippen LogP contribution in [-0.4, -0.2) is 11.1 Å². The zero-order chi connectivity index (χ0) is 7.44. The number of carbonyl (C=O) groups is 1. The van der Waals surface area contributed by atoms with Crippen LogP contribution in [0.2, 0.25) is 0 Å². The zero-order valence-corrected chi connectivity index (χ0v) is 5.77. The fourth-order valence-corrected chi connectivity index (χ4v) is 0.533. The molecule has 0 saturated carbocycles. The maximum Gasteiger partial charge on any atom is 0.336 e. The monoisotopic (exact) mass is 146 g/mol. The number of hydrogen-bond donors (Lipinski definition) is 1. The summed E-state index contributed by atoms with van der Waals surface area (Å²) in [5, 5.41) is 8.58. The van der Waals surface area contributed by atoms with Gasteiger partial charge in [-0.2, -0.15) is 0 Å². The standard InChI is InChI=1S/C6H7ClO2/c1-3-5(4(2)7)6(8)9/h3H,1H2,2H3,(H,8,9). The molecule has 0 fully saturated rings. The number of aliphatic carboxylic acids is 1. The van der Waals surface area contributed by atoms with E-state index in [-0.39, 0.29) is 10.6 Å². The Morgan fingerprint density at radius 3 is 2.22 bits per heavy atom. The lowest BCUT2D eigenvalue weighted by atomic mass is 10.2. The Kier molecular flexibility index (Phi) is 3.02. The first-order valence-electron chi connectivity index (χ1n) is 2.31. The Hall–Kier alpha value is -0.760. The van der Waals surface area contributed by atoms with E-state index in [0.29, 0.717) is 0 Å². The summed E-state index contributed by atoms with van der Waals surface area (Å²) in [5.41, 5.74) is 0.0525. The van der Waals surface area contributed by atoms with Gasteiger partial charge in [0.05, 0.1) is 5.57 Å². The maximum absolute atomic E-state index is 10.2. The molecule has 50 valence electrons. The number of allylic oxidation sites excluding steroid dienone is 1. The molecule has 0 bridgehead atoms. The molecule has 0 saturated heterocycles. The van der Waals surface area contributed by atoms with E-state index in [0.717, 1.165) is 0 Å². The van der Waals surface area contributed by atoms with Crippen molar-refractivity contribution in [2.24, 2.45) is 0 Å². The van der Waals surface area contributed by atoms with Crippen molar-refractivity contribution >= 4 is 17.6 Å². The van der Waals surface area contributed by atoms with Crippen LogP contribution in [0.4, 0.5) is 0 Å². The summed E-state index contributed by atoms with van der Waals surface area (Å²) in [6.07, 6.45) is 1.21. The third-order valence-corrected chi connectivity index (χ3v) is 1.01. The van der Waals surface area contributed by atoms with E-state index >= 15 is 0 Å². The summed E-state index contributed by atoms with van der Waals surface area (Å²) >= 11 is 5.37. The largest absolute Gasteiger partial charge is 0.478 e. The van der Waals surface area contributed by atoms with Crippen molar-refractivity contribution in [3.63, 3.8) is 0 Å². The zero-order valence-electron chi connectivity index (χ0n) is 5.02. The van der Waals surface area contributed by atoms with Gasteiger partial charge in [-0.15, -0.1) is 0 Å². The van der Waals surface area contributed by atoms with Crippen molar-refractivity contribution in [1.29, 1.82) is 0 Å². The Morgan fingerprint density at radius 2 is 2.22 bits per heavy atom. The predicted molar refractivity (Wildman–Crippen MR) is 36.4 cm³/mol.